The molecule has 0 aromatic carbocycles. The molecule has 0 aliphatic carbocycles. The zero-order valence-electron chi connectivity index (χ0n) is 21.9. The van der Waals surface area contributed by atoms with Crippen LogP contribution in [0.4, 0.5) is 0 Å². The number of nitrogens with zero attached hydrogens (tertiary/aromatic N) is 2. The Balaban J connectivity index is 1.77. The first-order chi connectivity index (χ1) is 17.8. The van der Waals surface area contributed by atoms with Gasteiger partial charge in [-0.2, -0.15) is 0 Å². The number of cyclic esters (lactones) is 1. The average molecular weight is 518 g/mol. The summed E-state index contributed by atoms with van der Waals surface area (Å²) in [6, 6.07) is -1.58. The Morgan fingerprint density at radius 2 is 1.97 bits per heavy atom. The second kappa shape index (κ2) is 11.3. The first-order valence-electron chi connectivity index (χ1n) is 13.5. The number of hydrogen-bond donors (Lipinski definition) is 2. The number of ether oxygens (including phenoxy) is 2. The zero-order chi connectivity index (χ0) is 26.7. The number of allylic oxidation sites excluding steroid dienone is 1. The molecule has 204 valence electrons. The SMILES string of the molecule is CCCCN1C/C=C\CCC(=O)NC[C@H](C)OC(=O)[C@@H]2[C@H]3C(=O)N([C@@H](CC)CO)[C@H](C1=O)[C@]31C=C[C@H]2O1. The molecular formula is C27H39N3O7. The summed E-state index contributed by atoms with van der Waals surface area (Å²) in [7, 11) is 0. The summed E-state index contributed by atoms with van der Waals surface area (Å²) in [6.07, 6.45) is 8.88. The van der Waals surface area contributed by atoms with E-state index in [4.69, 9.17) is 9.47 Å². The third-order valence-electron chi connectivity index (χ3n) is 7.92. The number of likely N-dealkylation sites (tertiary alicyclic amines) is 1. The van der Waals surface area contributed by atoms with Crippen molar-refractivity contribution in [2.24, 2.45) is 11.8 Å². The minimum Gasteiger partial charge on any atom is -0.460 e. The van der Waals surface area contributed by atoms with Gasteiger partial charge in [-0.3, -0.25) is 19.2 Å². The van der Waals surface area contributed by atoms with Crippen molar-refractivity contribution in [2.75, 3.05) is 26.2 Å². The number of fused-ring (bicyclic) bond motifs is 2. The fourth-order valence-corrected chi connectivity index (χ4v) is 5.98. The molecule has 0 radical (unpaired) electrons. The van der Waals surface area contributed by atoms with Gasteiger partial charge in [0, 0.05) is 19.5 Å². The molecule has 2 saturated heterocycles. The normalized spacial score (nSPS) is 35.9. The fourth-order valence-electron chi connectivity index (χ4n) is 5.98. The average Bonchev–Trinajstić information content (AvgIpc) is 3.52. The monoisotopic (exact) mass is 517 g/mol. The minimum absolute atomic E-state index is 0.152. The molecule has 37 heavy (non-hydrogen) atoms. The van der Waals surface area contributed by atoms with E-state index < -0.39 is 47.7 Å². The van der Waals surface area contributed by atoms with Crippen LogP contribution in [-0.4, -0.2) is 94.7 Å². The van der Waals surface area contributed by atoms with Gasteiger partial charge in [-0.25, -0.2) is 0 Å². The number of rotatable bonds is 6. The summed E-state index contributed by atoms with van der Waals surface area (Å²) in [5.74, 6) is -3.22. The minimum atomic E-state index is -1.30. The van der Waals surface area contributed by atoms with Gasteiger partial charge in [-0.1, -0.05) is 44.6 Å². The molecule has 10 heteroatoms. The lowest BCUT2D eigenvalue weighted by Gasteiger charge is -2.38. The lowest BCUT2D eigenvalue weighted by Crippen LogP contribution is -2.58. The molecule has 4 aliphatic heterocycles. The van der Waals surface area contributed by atoms with Gasteiger partial charge in [0.15, 0.2) is 0 Å². The van der Waals surface area contributed by atoms with Crippen molar-refractivity contribution in [3.05, 3.63) is 24.3 Å². The Bertz CT molecular complexity index is 962. The highest BCUT2D eigenvalue weighted by Gasteiger charge is 2.74. The molecule has 10 nitrogen and oxygen atoms in total. The summed E-state index contributed by atoms with van der Waals surface area (Å²) in [4.78, 5) is 56.9. The molecule has 4 aliphatic rings. The Morgan fingerprint density at radius 3 is 2.68 bits per heavy atom. The molecule has 3 amide bonds. The Labute approximate surface area is 218 Å². The number of aliphatic hydroxyl groups excluding tert-OH is 1. The number of esters is 1. The van der Waals surface area contributed by atoms with E-state index in [1.54, 1.807) is 24.0 Å². The molecule has 5 bridgehead atoms. The standard InChI is InChI=1S/C27H39N3O7/c1-4-6-13-29-14-9-7-8-10-20(32)28-15-17(3)36-26(35)21-19-11-12-27(37-19)22(21)24(33)30(18(5-2)16-31)23(27)25(29)34/h7,9,11-12,17-19,21-23,31H,4-6,8,10,13-16H2,1-3H3,(H,28,32)/b9-7-/t17-,18-,19+,21-,22-,23+,27-/m0/s1. The van der Waals surface area contributed by atoms with E-state index in [1.807, 2.05) is 26.0 Å². The summed E-state index contributed by atoms with van der Waals surface area (Å²) in [5.41, 5.74) is -1.30. The second-order valence-electron chi connectivity index (χ2n) is 10.4. The van der Waals surface area contributed by atoms with Crippen LogP contribution in [0.15, 0.2) is 24.3 Å². The number of aliphatic hydroxyl groups is 1. The van der Waals surface area contributed by atoms with Crippen molar-refractivity contribution >= 4 is 23.7 Å². The van der Waals surface area contributed by atoms with E-state index in [2.05, 4.69) is 5.32 Å². The van der Waals surface area contributed by atoms with Crippen molar-refractivity contribution in [2.45, 2.75) is 82.8 Å². The molecule has 2 fully saturated rings. The lowest BCUT2D eigenvalue weighted by molar-refractivity contribution is -0.159. The smallest absolute Gasteiger partial charge is 0.313 e. The maximum absolute atomic E-state index is 14.2. The van der Waals surface area contributed by atoms with Crippen LogP contribution in [0, 0.1) is 11.8 Å². The molecule has 0 saturated carbocycles. The fraction of sp³-hybridized carbons (Fsp3) is 0.704. The van der Waals surface area contributed by atoms with Gasteiger partial charge >= 0.3 is 5.97 Å². The number of hydrogen-bond acceptors (Lipinski definition) is 7. The van der Waals surface area contributed by atoms with Crippen LogP contribution < -0.4 is 5.32 Å². The van der Waals surface area contributed by atoms with Crippen LogP contribution in [-0.2, 0) is 28.7 Å². The van der Waals surface area contributed by atoms with Crippen LogP contribution >= 0.6 is 0 Å². The Hall–Kier alpha value is -2.72. The van der Waals surface area contributed by atoms with Gasteiger partial charge in [-0.15, -0.1) is 0 Å². The number of carbonyl (C=O) groups excluding carboxylic acids is 4. The predicted octanol–water partition coefficient (Wildman–Crippen LogP) is 0.935. The van der Waals surface area contributed by atoms with Gasteiger partial charge in [0.1, 0.15) is 23.7 Å². The molecule has 2 N–H and O–H groups in total. The van der Waals surface area contributed by atoms with Gasteiger partial charge in [0.25, 0.3) is 0 Å². The molecule has 7 atom stereocenters. The first kappa shape index (κ1) is 27.3. The summed E-state index contributed by atoms with van der Waals surface area (Å²) < 4.78 is 12.0. The van der Waals surface area contributed by atoms with E-state index in [1.165, 1.54) is 4.90 Å². The van der Waals surface area contributed by atoms with Crippen LogP contribution in [0.25, 0.3) is 0 Å². The molecule has 4 rings (SSSR count). The van der Waals surface area contributed by atoms with Crippen molar-refractivity contribution in [3.8, 4) is 0 Å². The van der Waals surface area contributed by atoms with Gasteiger partial charge in [-0.05, 0) is 26.2 Å². The number of nitrogens with one attached hydrogen (secondary N) is 1. The molecular weight excluding hydrogens is 478 g/mol. The lowest BCUT2D eigenvalue weighted by atomic mass is 9.74. The van der Waals surface area contributed by atoms with Gasteiger partial charge < -0.3 is 29.7 Å². The third kappa shape index (κ3) is 4.93. The topological polar surface area (TPSA) is 125 Å². The highest BCUT2D eigenvalue weighted by molar-refractivity contribution is 5.99. The molecule has 4 heterocycles. The van der Waals surface area contributed by atoms with E-state index in [0.29, 0.717) is 25.9 Å². The predicted molar refractivity (Wildman–Crippen MR) is 134 cm³/mol. The highest BCUT2D eigenvalue weighted by atomic mass is 16.6. The van der Waals surface area contributed by atoms with Crippen molar-refractivity contribution in [1.82, 2.24) is 15.1 Å². The van der Waals surface area contributed by atoms with Crippen molar-refractivity contribution in [3.63, 3.8) is 0 Å². The third-order valence-corrected chi connectivity index (χ3v) is 7.92. The maximum atomic E-state index is 14.2. The molecule has 1 spiro atoms. The van der Waals surface area contributed by atoms with Crippen molar-refractivity contribution in [1.29, 1.82) is 0 Å². The van der Waals surface area contributed by atoms with E-state index in [9.17, 15) is 24.3 Å². The summed E-state index contributed by atoms with van der Waals surface area (Å²) >= 11 is 0. The van der Waals surface area contributed by atoms with Crippen LogP contribution in [0.3, 0.4) is 0 Å². The van der Waals surface area contributed by atoms with Crippen LogP contribution in [0.1, 0.15) is 52.9 Å². The Kier molecular flexibility index (Phi) is 8.38. The van der Waals surface area contributed by atoms with Crippen molar-refractivity contribution < 1.29 is 33.8 Å². The Morgan fingerprint density at radius 1 is 1.19 bits per heavy atom. The summed E-state index contributed by atoms with van der Waals surface area (Å²) in [6.45, 7) is 6.25. The summed E-state index contributed by atoms with van der Waals surface area (Å²) in [5, 5.41) is 12.9. The van der Waals surface area contributed by atoms with E-state index in [-0.39, 0.29) is 37.3 Å². The molecule has 0 aromatic rings. The zero-order valence-corrected chi connectivity index (χ0v) is 21.9. The van der Waals surface area contributed by atoms with Crippen LogP contribution in [0.2, 0.25) is 0 Å². The molecule has 0 aromatic heterocycles. The first-order valence-corrected chi connectivity index (χ1v) is 13.5. The van der Waals surface area contributed by atoms with Gasteiger partial charge in [0.2, 0.25) is 17.7 Å². The molecule has 0 unspecified atom stereocenters. The number of unbranched alkanes of at least 4 members (excludes halogenated alkanes) is 1. The number of carbonyl (C=O) groups is 4. The quantitative estimate of drug-likeness (QED) is 0.397. The largest absolute Gasteiger partial charge is 0.460 e. The highest BCUT2D eigenvalue weighted by Crippen LogP contribution is 2.56. The second-order valence-corrected chi connectivity index (χ2v) is 10.4. The maximum Gasteiger partial charge on any atom is 0.313 e. The van der Waals surface area contributed by atoms with Crippen LogP contribution in [0.5, 0.6) is 0 Å². The van der Waals surface area contributed by atoms with Gasteiger partial charge in [0.05, 0.1) is 31.2 Å². The van der Waals surface area contributed by atoms with E-state index in [0.717, 1.165) is 12.8 Å². The van der Waals surface area contributed by atoms with E-state index >= 15 is 0 Å². The number of amides is 3.